The van der Waals surface area contributed by atoms with Crippen molar-refractivity contribution in [1.29, 1.82) is 0 Å². The molecule has 0 fully saturated rings. The Morgan fingerprint density at radius 1 is 1.37 bits per heavy atom. The number of rotatable bonds is 6. The molecule has 2 rings (SSSR count). The van der Waals surface area contributed by atoms with Crippen molar-refractivity contribution in [3.05, 3.63) is 42.7 Å². The largest absolute Gasteiger partial charge is 0.353 e. The first kappa shape index (κ1) is 13.0. The van der Waals surface area contributed by atoms with Crippen LogP contribution in [0.4, 0.5) is 0 Å². The minimum Gasteiger partial charge on any atom is -0.353 e. The molecule has 0 atom stereocenters. The maximum absolute atomic E-state index is 11.9. The second kappa shape index (κ2) is 5.95. The molecule has 2 N–H and O–H groups in total. The van der Waals surface area contributed by atoms with Crippen LogP contribution < -0.4 is 5.32 Å². The van der Waals surface area contributed by atoms with E-state index < -0.39 is 0 Å². The first-order valence-corrected chi connectivity index (χ1v) is 6.09. The number of H-pyrrole nitrogens is 1. The molecular weight excluding hydrogens is 242 g/mol. The Kier molecular flexibility index (Phi) is 4.07. The van der Waals surface area contributed by atoms with Crippen molar-refractivity contribution >= 4 is 22.7 Å². The number of fused-ring (bicyclic) bond motifs is 1. The van der Waals surface area contributed by atoms with E-state index in [0.717, 1.165) is 11.0 Å². The molecule has 5 heteroatoms. The number of benzene rings is 1. The van der Waals surface area contributed by atoms with Crippen molar-refractivity contribution in [2.24, 2.45) is 0 Å². The molecule has 0 saturated carbocycles. The summed E-state index contributed by atoms with van der Waals surface area (Å²) in [6.45, 7) is 3.81. The highest BCUT2D eigenvalue weighted by atomic mass is 16.1. The highest BCUT2D eigenvalue weighted by Crippen LogP contribution is 2.11. The predicted molar refractivity (Wildman–Crippen MR) is 72.9 cm³/mol. The van der Waals surface area contributed by atoms with Crippen molar-refractivity contribution in [3.63, 3.8) is 0 Å². The molecule has 0 unspecified atom stereocenters. The molecule has 5 nitrogen and oxygen atoms in total. The topological polar surface area (TPSA) is 74.8 Å². The Bertz CT molecular complexity index is 583. The van der Waals surface area contributed by atoms with Gasteiger partial charge in [-0.15, -0.1) is 0 Å². The zero-order valence-electron chi connectivity index (χ0n) is 10.5. The molecule has 1 amide bonds. The van der Waals surface area contributed by atoms with E-state index in [2.05, 4.69) is 21.9 Å². The summed E-state index contributed by atoms with van der Waals surface area (Å²) in [6.07, 6.45) is 2.13. The molecule has 0 bridgehead atoms. The fourth-order valence-electron chi connectivity index (χ4n) is 1.74. The summed E-state index contributed by atoms with van der Waals surface area (Å²) in [5.41, 5.74) is 1.64. The van der Waals surface area contributed by atoms with Crippen LogP contribution in [0.1, 0.15) is 23.5 Å². The summed E-state index contributed by atoms with van der Waals surface area (Å²) in [5.74, 6) is 0.0940. The lowest BCUT2D eigenvalue weighted by atomic mass is 10.2. The van der Waals surface area contributed by atoms with Crippen LogP contribution in [0, 0.1) is 0 Å². The van der Waals surface area contributed by atoms with E-state index in [-0.39, 0.29) is 11.7 Å². The summed E-state index contributed by atoms with van der Waals surface area (Å²) < 4.78 is 0. The molecule has 1 aromatic heterocycles. The van der Waals surface area contributed by atoms with Crippen molar-refractivity contribution in [1.82, 2.24) is 15.3 Å². The second-order valence-electron chi connectivity index (χ2n) is 4.12. The maximum Gasteiger partial charge on any atom is 0.243 e. The van der Waals surface area contributed by atoms with Crippen LogP contribution >= 0.6 is 0 Å². The molecule has 0 saturated heterocycles. The fraction of sp³-hybridized carbons (Fsp3) is 0.214. The third kappa shape index (κ3) is 3.28. The average molecular weight is 257 g/mol. The van der Waals surface area contributed by atoms with E-state index >= 15 is 0 Å². The highest BCUT2D eigenvalue weighted by molar-refractivity contribution is 5.95. The highest BCUT2D eigenvalue weighted by Gasteiger charge is 2.10. The number of Topliss-reactive ketones (excluding diaryl/α,β-unsaturated/α-hetero) is 1. The van der Waals surface area contributed by atoms with Gasteiger partial charge in [-0.2, -0.15) is 0 Å². The number of amides is 1. The number of para-hydroxylation sites is 2. The quantitative estimate of drug-likeness (QED) is 0.471. The summed E-state index contributed by atoms with van der Waals surface area (Å²) in [7, 11) is 0. The minimum atomic E-state index is -0.226. The van der Waals surface area contributed by atoms with Crippen LogP contribution in [0.5, 0.6) is 0 Å². The third-order valence-electron chi connectivity index (χ3n) is 2.72. The lowest BCUT2D eigenvalue weighted by Gasteiger charge is -2.00. The molecule has 1 heterocycles. The van der Waals surface area contributed by atoms with Gasteiger partial charge in [0.1, 0.15) is 0 Å². The zero-order valence-corrected chi connectivity index (χ0v) is 10.5. The Balaban J connectivity index is 1.89. The van der Waals surface area contributed by atoms with Gasteiger partial charge in [0.2, 0.25) is 5.91 Å². The Morgan fingerprint density at radius 2 is 2.16 bits per heavy atom. The van der Waals surface area contributed by atoms with Crippen molar-refractivity contribution in [2.45, 2.75) is 12.8 Å². The van der Waals surface area contributed by atoms with Gasteiger partial charge in [0.05, 0.1) is 11.0 Å². The Morgan fingerprint density at radius 3 is 2.89 bits per heavy atom. The number of nitrogens with one attached hydrogen (secondary N) is 2. The monoisotopic (exact) mass is 257 g/mol. The van der Waals surface area contributed by atoms with E-state index in [0.29, 0.717) is 25.2 Å². The number of nitrogens with zero attached hydrogens (tertiary/aromatic N) is 1. The summed E-state index contributed by atoms with van der Waals surface area (Å²) in [4.78, 5) is 30.0. The Hall–Kier alpha value is -2.43. The first-order chi connectivity index (χ1) is 9.20. The summed E-state index contributed by atoms with van der Waals surface area (Å²) in [6, 6.07) is 7.50. The SMILES string of the molecule is C=CC(=O)NCCCC(=O)c1nc2ccccc2[nH]1. The zero-order chi connectivity index (χ0) is 13.7. The molecule has 19 heavy (non-hydrogen) atoms. The van der Waals surface area contributed by atoms with Crippen molar-refractivity contribution < 1.29 is 9.59 Å². The molecular formula is C14H15N3O2. The molecule has 98 valence electrons. The van der Waals surface area contributed by atoms with Crippen LogP contribution in [0.25, 0.3) is 11.0 Å². The van der Waals surface area contributed by atoms with Gasteiger partial charge in [0.15, 0.2) is 11.6 Å². The maximum atomic E-state index is 11.9. The van der Waals surface area contributed by atoms with Gasteiger partial charge in [-0.25, -0.2) is 4.98 Å². The number of carbonyl (C=O) groups excluding carboxylic acids is 2. The van der Waals surface area contributed by atoms with Gasteiger partial charge in [-0.1, -0.05) is 18.7 Å². The first-order valence-electron chi connectivity index (χ1n) is 6.09. The number of ketones is 1. The summed E-state index contributed by atoms with van der Waals surface area (Å²) >= 11 is 0. The van der Waals surface area contributed by atoms with Gasteiger partial charge in [-0.05, 0) is 24.6 Å². The van der Waals surface area contributed by atoms with Crippen molar-refractivity contribution in [2.75, 3.05) is 6.54 Å². The minimum absolute atomic E-state index is 0.0518. The number of imidazole rings is 1. The van der Waals surface area contributed by atoms with Crippen LogP contribution in [0.3, 0.4) is 0 Å². The number of aromatic nitrogens is 2. The Labute approximate surface area is 110 Å². The van der Waals surface area contributed by atoms with Crippen molar-refractivity contribution in [3.8, 4) is 0 Å². The van der Waals surface area contributed by atoms with Crippen LogP contribution in [-0.2, 0) is 4.79 Å². The second-order valence-corrected chi connectivity index (χ2v) is 4.12. The molecule has 2 aromatic rings. The molecule has 0 spiro atoms. The molecule has 0 aliphatic rings. The van der Waals surface area contributed by atoms with Crippen LogP contribution in [-0.4, -0.2) is 28.2 Å². The lowest BCUT2D eigenvalue weighted by molar-refractivity contribution is -0.116. The van der Waals surface area contributed by atoms with Gasteiger partial charge in [0.25, 0.3) is 0 Å². The molecule has 0 aliphatic carbocycles. The number of hydrogen-bond donors (Lipinski definition) is 2. The normalized spacial score (nSPS) is 10.3. The number of aromatic amines is 1. The van der Waals surface area contributed by atoms with Gasteiger partial charge >= 0.3 is 0 Å². The smallest absolute Gasteiger partial charge is 0.243 e. The van der Waals surface area contributed by atoms with E-state index in [1.807, 2.05) is 24.3 Å². The van der Waals surface area contributed by atoms with E-state index in [4.69, 9.17) is 0 Å². The van der Waals surface area contributed by atoms with Gasteiger partial charge in [-0.3, -0.25) is 9.59 Å². The molecule has 1 aromatic carbocycles. The summed E-state index contributed by atoms with van der Waals surface area (Å²) in [5, 5.41) is 2.63. The van der Waals surface area contributed by atoms with Gasteiger partial charge in [0, 0.05) is 13.0 Å². The van der Waals surface area contributed by atoms with E-state index in [9.17, 15) is 9.59 Å². The fourth-order valence-corrected chi connectivity index (χ4v) is 1.74. The number of carbonyl (C=O) groups is 2. The average Bonchev–Trinajstić information content (AvgIpc) is 2.87. The third-order valence-corrected chi connectivity index (χ3v) is 2.72. The van der Waals surface area contributed by atoms with E-state index in [1.54, 1.807) is 0 Å². The van der Waals surface area contributed by atoms with Gasteiger partial charge < -0.3 is 10.3 Å². The number of hydrogen-bond acceptors (Lipinski definition) is 3. The molecule has 0 radical (unpaired) electrons. The van der Waals surface area contributed by atoms with Crippen LogP contribution in [0.15, 0.2) is 36.9 Å². The lowest BCUT2D eigenvalue weighted by Crippen LogP contribution is -2.22. The van der Waals surface area contributed by atoms with E-state index in [1.165, 1.54) is 6.08 Å². The molecule has 0 aliphatic heterocycles. The van der Waals surface area contributed by atoms with Crippen LogP contribution in [0.2, 0.25) is 0 Å². The standard InChI is InChI=1S/C14H15N3O2/c1-2-13(19)15-9-5-8-12(18)14-16-10-6-3-4-7-11(10)17-14/h2-4,6-7H,1,5,8-9H2,(H,15,19)(H,16,17). The predicted octanol–water partition coefficient (Wildman–Crippen LogP) is 1.83.